The highest BCUT2D eigenvalue weighted by atomic mass is 16.5. The molecular formula is C9H13NO4. The molecule has 2 N–H and O–H groups in total. The fourth-order valence-electron chi connectivity index (χ4n) is 1.00. The molecule has 1 rings (SSSR count). The number of nitrogens with one attached hydrogen (secondary N) is 1. The average molecular weight is 199 g/mol. The molecule has 0 saturated carbocycles. The zero-order valence-corrected chi connectivity index (χ0v) is 7.90. The quantitative estimate of drug-likeness (QED) is 0.701. The maximum Gasteiger partial charge on any atom is 0.254 e. The zero-order chi connectivity index (χ0) is 10.4. The van der Waals surface area contributed by atoms with Crippen molar-refractivity contribution in [2.45, 2.75) is 6.04 Å². The first-order valence-electron chi connectivity index (χ1n) is 4.20. The number of aliphatic hydroxyl groups excluding tert-OH is 1. The molecule has 5 nitrogen and oxygen atoms in total. The first-order valence-corrected chi connectivity index (χ1v) is 4.20. The minimum Gasteiger partial charge on any atom is -0.472 e. The largest absolute Gasteiger partial charge is 0.472 e. The molecule has 1 unspecified atom stereocenters. The van der Waals surface area contributed by atoms with E-state index in [1.165, 1.54) is 19.6 Å². The second-order valence-corrected chi connectivity index (χ2v) is 2.82. The van der Waals surface area contributed by atoms with Crippen molar-refractivity contribution in [2.75, 3.05) is 20.3 Å². The van der Waals surface area contributed by atoms with Crippen LogP contribution in [0.5, 0.6) is 0 Å². The van der Waals surface area contributed by atoms with Gasteiger partial charge in [-0.15, -0.1) is 0 Å². The lowest BCUT2D eigenvalue weighted by atomic mass is 10.2. The number of hydrogen-bond acceptors (Lipinski definition) is 4. The Morgan fingerprint density at radius 2 is 2.57 bits per heavy atom. The van der Waals surface area contributed by atoms with Gasteiger partial charge in [0.25, 0.3) is 5.91 Å². The molecule has 0 aliphatic carbocycles. The summed E-state index contributed by atoms with van der Waals surface area (Å²) in [7, 11) is 1.51. The van der Waals surface area contributed by atoms with Gasteiger partial charge in [0.05, 0.1) is 31.1 Å². The van der Waals surface area contributed by atoms with E-state index in [0.29, 0.717) is 5.56 Å². The van der Waals surface area contributed by atoms with Gasteiger partial charge in [-0.3, -0.25) is 4.79 Å². The highest BCUT2D eigenvalue weighted by Gasteiger charge is 2.13. The molecule has 0 fully saturated rings. The van der Waals surface area contributed by atoms with Crippen LogP contribution in [0.25, 0.3) is 0 Å². The molecule has 0 saturated heterocycles. The van der Waals surface area contributed by atoms with Crippen LogP contribution in [0.2, 0.25) is 0 Å². The number of carbonyl (C=O) groups is 1. The molecule has 1 aromatic heterocycles. The Balaban J connectivity index is 2.47. The Bertz CT molecular complexity index is 270. The van der Waals surface area contributed by atoms with Gasteiger partial charge in [0, 0.05) is 7.11 Å². The standard InChI is InChI=1S/C9H13NO4/c1-13-6-8(4-11)10-9(12)7-2-3-14-5-7/h2-3,5,8,11H,4,6H2,1H3,(H,10,12). The third kappa shape index (κ3) is 2.86. The predicted molar refractivity (Wildman–Crippen MR) is 48.9 cm³/mol. The molecule has 1 heterocycles. The first-order chi connectivity index (χ1) is 6.77. The van der Waals surface area contributed by atoms with Crippen molar-refractivity contribution in [1.82, 2.24) is 5.32 Å². The van der Waals surface area contributed by atoms with E-state index in [4.69, 9.17) is 14.3 Å². The van der Waals surface area contributed by atoms with Crippen molar-refractivity contribution in [3.63, 3.8) is 0 Å². The van der Waals surface area contributed by atoms with Crippen LogP contribution in [0.3, 0.4) is 0 Å². The predicted octanol–water partition coefficient (Wildman–Crippen LogP) is 0.0167. The normalized spacial score (nSPS) is 12.4. The summed E-state index contributed by atoms with van der Waals surface area (Å²) >= 11 is 0. The minimum absolute atomic E-state index is 0.155. The monoisotopic (exact) mass is 199 g/mol. The van der Waals surface area contributed by atoms with Crippen molar-refractivity contribution in [3.8, 4) is 0 Å². The summed E-state index contributed by atoms with van der Waals surface area (Å²) < 4.78 is 9.57. The van der Waals surface area contributed by atoms with Crippen molar-refractivity contribution in [2.24, 2.45) is 0 Å². The molecule has 0 radical (unpaired) electrons. The van der Waals surface area contributed by atoms with Crippen LogP contribution in [0.15, 0.2) is 23.0 Å². The van der Waals surface area contributed by atoms with Crippen molar-refractivity contribution in [3.05, 3.63) is 24.2 Å². The molecule has 78 valence electrons. The van der Waals surface area contributed by atoms with E-state index in [9.17, 15) is 4.79 Å². The highest BCUT2D eigenvalue weighted by molar-refractivity contribution is 5.93. The third-order valence-corrected chi connectivity index (χ3v) is 1.71. The van der Waals surface area contributed by atoms with Gasteiger partial charge in [-0.05, 0) is 6.07 Å². The van der Waals surface area contributed by atoms with E-state index >= 15 is 0 Å². The molecule has 0 bridgehead atoms. The van der Waals surface area contributed by atoms with Crippen molar-refractivity contribution < 1.29 is 19.1 Å². The van der Waals surface area contributed by atoms with Gasteiger partial charge >= 0.3 is 0 Å². The number of amides is 1. The molecule has 0 aliphatic rings. The molecule has 14 heavy (non-hydrogen) atoms. The highest BCUT2D eigenvalue weighted by Crippen LogP contribution is 1.99. The number of methoxy groups -OCH3 is 1. The lowest BCUT2D eigenvalue weighted by molar-refractivity contribution is 0.0839. The molecule has 1 atom stereocenters. The summed E-state index contributed by atoms with van der Waals surface area (Å²) in [6, 6.07) is 1.17. The van der Waals surface area contributed by atoms with Gasteiger partial charge in [-0.25, -0.2) is 0 Å². The Morgan fingerprint density at radius 3 is 3.07 bits per heavy atom. The second-order valence-electron chi connectivity index (χ2n) is 2.82. The van der Waals surface area contributed by atoms with E-state index in [0.717, 1.165) is 0 Å². The summed E-state index contributed by atoms with van der Waals surface area (Å²) in [4.78, 5) is 11.4. The van der Waals surface area contributed by atoms with Crippen LogP contribution < -0.4 is 5.32 Å². The minimum atomic E-state index is -0.387. The summed E-state index contributed by atoms with van der Waals surface area (Å²) in [5.41, 5.74) is 0.430. The number of hydrogen-bond donors (Lipinski definition) is 2. The molecule has 0 aromatic carbocycles. The summed E-state index contributed by atoms with van der Waals surface area (Å²) in [5, 5.41) is 11.5. The fourth-order valence-corrected chi connectivity index (χ4v) is 1.00. The fraction of sp³-hybridized carbons (Fsp3) is 0.444. The maximum absolute atomic E-state index is 11.4. The number of carbonyl (C=O) groups excluding carboxylic acids is 1. The van der Waals surface area contributed by atoms with Gasteiger partial charge in [-0.1, -0.05) is 0 Å². The van der Waals surface area contributed by atoms with Crippen LogP contribution >= 0.6 is 0 Å². The average Bonchev–Trinajstić information content (AvgIpc) is 2.69. The molecule has 0 aliphatic heterocycles. The Kier molecular flexibility index (Phi) is 4.15. The second kappa shape index (κ2) is 5.41. The van der Waals surface area contributed by atoms with Crippen LogP contribution in [-0.2, 0) is 4.74 Å². The van der Waals surface area contributed by atoms with E-state index in [1.54, 1.807) is 6.07 Å². The third-order valence-electron chi connectivity index (χ3n) is 1.71. The van der Waals surface area contributed by atoms with Crippen LogP contribution in [0.1, 0.15) is 10.4 Å². The Hall–Kier alpha value is -1.33. The smallest absolute Gasteiger partial charge is 0.254 e. The number of aliphatic hydroxyl groups is 1. The molecular weight excluding hydrogens is 186 g/mol. The van der Waals surface area contributed by atoms with Gasteiger partial charge < -0.3 is 19.6 Å². The van der Waals surface area contributed by atoms with Crippen molar-refractivity contribution >= 4 is 5.91 Å². The molecule has 1 amide bonds. The SMILES string of the molecule is COCC(CO)NC(=O)c1ccoc1. The van der Waals surface area contributed by atoms with E-state index in [1.807, 2.05) is 0 Å². The van der Waals surface area contributed by atoms with E-state index in [2.05, 4.69) is 5.32 Å². The number of rotatable bonds is 5. The van der Waals surface area contributed by atoms with Gasteiger partial charge in [0.1, 0.15) is 6.26 Å². The van der Waals surface area contributed by atoms with Crippen molar-refractivity contribution in [1.29, 1.82) is 0 Å². The van der Waals surface area contributed by atoms with Gasteiger partial charge in [-0.2, -0.15) is 0 Å². The Morgan fingerprint density at radius 1 is 1.79 bits per heavy atom. The molecule has 0 spiro atoms. The van der Waals surface area contributed by atoms with Crippen LogP contribution in [0, 0.1) is 0 Å². The summed E-state index contributed by atoms with van der Waals surface area (Å²) in [6.07, 6.45) is 2.76. The molecule has 5 heteroatoms. The van der Waals surface area contributed by atoms with E-state index < -0.39 is 0 Å². The zero-order valence-electron chi connectivity index (χ0n) is 7.90. The lowest BCUT2D eigenvalue weighted by Crippen LogP contribution is -2.40. The summed E-state index contributed by atoms with van der Waals surface area (Å²) in [6.45, 7) is 0.123. The summed E-state index contributed by atoms with van der Waals surface area (Å²) in [5.74, 6) is -0.283. The molecule has 1 aromatic rings. The maximum atomic E-state index is 11.4. The van der Waals surface area contributed by atoms with Gasteiger partial charge in [0.15, 0.2) is 0 Å². The topological polar surface area (TPSA) is 71.7 Å². The first kappa shape index (κ1) is 10.7. The number of ether oxygens (including phenoxy) is 1. The number of furan rings is 1. The lowest BCUT2D eigenvalue weighted by Gasteiger charge is -2.14. The van der Waals surface area contributed by atoms with Gasteiger partial charge in [0.2, 0.25) is 0 Å². The van der Waals surface area contributed by atoms with Crippen LogP contribution in [0.4, 0.5) is 0 Å². The van der Waals surface area contributed by atoms with Crippen LogP contribution in [-0.4, -0.2) is 37.4 Å². The van der Waals surface area contributed by atoms with E-state index in [-0.39, 0.29) is 25.2 Å². The Labute approximate surface area is 81.7 Å².